The molecule has 1 aliphatic heterocycles. The van der Waals surface area contributed by atoms with E-state index in [1.165, 1.54) is 0 Å². The number of piperidine rings is 1. The molecule has 1 aromatic heterocycles. The zero-order valence-electron chi connectivity index (χ0n) is 14.1. The predicted molar refractivity (Wildman–Crippen MR) is 86.5 cm³/mol. The molecule has 1 aliphatic rings. The molecule has 22 heavy (non-hydrogen) atoms. The molecule has 0 aliphatic carbocycles. The first-order valence-electron chi connectivity index (χ1n) is 7.93. The van der Waals surface area contributed by atoms with Crippen molar-refractivity contribution in [3.63, 3.8) is 0 Å². The molecule has 0 N–H and O–H groups in total. The molecule has 0 spiro atoms. The number of likely N-dealkylation sites (tertiary alicyclic amines) is 1. The number of ether oxygens (including phenoxy) is 1. The quantitative estimate of drug-likeness (QED) is 0.861. The van der Waals surface area contributed by atoms with Crippen LogP contribution in [0.15, 0.2) is 24.4 Å². The molecule has 1 amide bonds. The number of carbonyl (C=O) groups excluding carboxylic acids is 1. The Morgan fingerprint density at radius 2 is 2.23 bits per heavy atom. The third-order valence-corrected chi connectivity index (χ3v) is 3.81. The van der Waals surface area contributed by atoms with Crippen LogP contribution >= 0.6 is 0 Å². The van der Waals surface area contributed by atoms with E-state index in [4.69, 9.17) is 4.74 Å². The summed E-state index contributed by atoms with van der Waals surface area (Å²) in [4.78, 5) is 20.7. The van der Waals surface area contributed by atoms with Crippen molar-refractivity contribution in [2.24, 2.45) is 0 Å². The average Bonchev–Trinajstić information content (AvgIpc) is 2.46. The van der Waals surface area contributed by atoms with Crippen LogP contribution in [-0.2, 0) is 11.3 Å². The molecule has 0 aromatic carbocycles. The summed E-state index contributed by atoms with van der Waals surface area (Å²) >= 11 is 0. The number of nitrogens with zero attached hydrogens (tertiary/aromatic N) is 3. The molecule has 5 nitrogen and oxygen atoms in total. The van der Waals surface area contributed by atoms with Crippen molar-refractivity contribution >= 4 is 6.09 Å². The topological polar surface area (TPSA) is 45.7 Å². The molecule has 5 heteroatoms. The van der Waals surface area contributed by atoms with Crippen LogP contribution in [0, 0.1) is 0 Å². The second kappa shape index (κ2) is 7.09. The number of hydrogen-bond donors (Lipinski definition) is 0. The molecule has 0 saturated carbocycles. The summed E-state index contributed by atoms with van der Waals surface area (Å²) in [5.41, 5.74) is 0.614. The highest BCUT2D eigenvalue weighted by Gasteiger charge is 2.29. The lowest BCUT2D eigenvalue weighted by Gasteiger charge is -2.38. The van der Waals surface area contributed by atoms with Gasteiger partial charge < -0.3 is 9.64 Å². The maximum absolute atomic E-state index is 12.2. The van der Waals surface area contributed by atoms with Crippen LogP contribution < -0.4 is 0 Å². The van der Waals surface area contributed by atoms with Gasteiger partial charge in [0.15, 0.2) is 0 Å². The van der Waals surface area contributed by atoms with E-state index in [-0.39, 0.29) is 6.09 Å². The number of pyridine rings is 1. The molecule has 1 aromatic rings. The van der Waals surface area contributed by atoms with Gasteiger partial charge in [-0.3, -0.25) is 9.88 Å². The number of aromatic nitrogens is 1. The smallest absolute Gasteiger partial charge is 0.410 e. The van der Waals surface area contributed by atoms with Crippen molar-refractivity contribution in [1.29, 1.82) is 0 Å². The first kappa shape index (κ1) is 16.7. The van der Waals surface area contributed by atoms with Gasteiger partial charge in [-0.15, -0.1) is 0 Å². The van der Waals surface area contributed by atoms with Gasteiger partial charge >= 0.3 is 6.09 Å². The van der Waals surface area contributed by atoms with Crippen molar-refractivity contribution in [1.82, 2.24) is 14.8 Å². The molecule has 122 valence electrons. The molecule has 0 radical (unpaired) electrons. The van der Waals surface area contributed by atoms with Gasteiger partial charge in [-0.05, 0) is 52.8 Å². The number of rotatable bonds is 3. The fraction of sp³-hybridized carbons (Fsp3) is 0.647. The van der Waals surface area contributed by atoms with Crippen LogP contribution in [0.25, 0.3) is 0 Å². The Kier molecular flexibility index (Phi) is 5.40. The highest BCUT2D eigenvalue weighted by molar-refractivity contribution is 5.68. The minimum Gasteiger partial charge on any atom is -0.444 e. The Morgan fingerprint density at radius 1 is 1.45 bits per heavy atom. The van der Waals surface area contributed by atoms with Gasteiger partial charge in [0, 0.05) is 31.9 Å². The van der Waals surface area contributed by atoms with Crippen molar-refractivity contribution in [3.05, 3.63) is 30.1 Å². The van der Waals surface area contributed by atoms with E-state index in [2.05, 4.69) is 16.9 Å². The summed E-state index contributed by atoms with van der Waals surface area (Å²) in [6, 6.07) is 6.31. The first-order valence-corrected chi connectivity index (χ1v) is 7.93. The lowest BCUT2D eigenvalue weighted by molar-refractivity contribution is 0.0120. The molecule has 1 fully saturated rings. The first-order chi connectivity index (χ1) is 10.3. The lowest BCUT2D eigenvalue weighted by atomic mass is 10.0. The van der Waals surface area contributed by atoms with E-state index in [0.29, 0.717) is 6.04 Å². The highest BCUT2D eigenvalue weighted by Crippen LogP contribution is 2.19. The fourth-order valence-corrected chi connectivity index (χ4v) is 2.68. The standard InChI is InChI=1S/C17H27N3O2/c1-17(2,3)22-16(21)20-11-7-9-15(13-20)19(4)12-14-8-5-6-10-18-14/h5-6,8,10,15H,7,9,11-13H2,1-4H3/t15-/m0/s1. The molecule has 2 heterocycles. The maximum atomic E-state index is 12.2. The van der Waals surface area contributed by atoms with Gasteiger partial charge in [-0.2, -0.15) is 0 Å². The Morgan fingerprint density at radius 3 is 2.86 bits per heavy atom. The lowest BCUT2D eigenvalue weighted by Crippen LogP contribution is -2.49. The van der Waals surface area contributed by atoms with Gasteiger partial charge in [-0.25, -0.2) is 4.79 Å². The van der Waals surface area contributed by atoms with Crippen LogP contribution in [0.2, 0.25) is 0 Å². The van der Waals surface area contributed by atoms with Gasteiger partial charge in [0.25, 0.3) is 0 Å². The number of likely N-dealkylation sites (N-methyl/N-ethyl adjacent to an activating group) is 1. The molecule has 0 bridgehead atoms. The fourth-order valence-electron chi connectivity index (χ4n) is 2.68. The summed E-state index contributed by atoms with van der Waals surface area (Å²) in [5, 5.41) is 0. The average molecular weight is 305 g/mol. The van der Waals surface area contributed by atoms with E-state index < -0.39 is 5.60 Å². The minimum atomic E-state index is -0.441. The number of carbonyl (C=O) groups is 1. The summed E-state index contributed by atoms with van der Waals surface area (Å²) in [7, 11) is 2.10. The summed E-state index contributed by atoms with van der Waals surface area (Å²) in [6.45, 7) is 8.01. The van der Waals surface area contributed by atoms with Gasteiger partial charge in [0.2, 0.25) is 0 Å². The third-order valence-electron chi connectivity index (χ3n) is 3.81. The van der Waals surface area contributed by atoms with E-state index >= 15 is 0 Å². The van der Waals surface area contributed by atoms with E-state index in [1.807, 2.05) is 50.1 Å². The molecular formula is C17H27N3O2. The maximum Gasteiger partial charge on any atom is 0.410 e. The molecule has 2 rings (SSSR count). The molecule has 0 unspecified atom stereocenters. The monoisotopic (exact) mass is 305 g/mol. The van der Waals surface area contributed by atoms with Crippen molar-refractivity contribution in [3.8, 4) is 0 Å². The van der Waals surface area contributed by atoms with E-state index in [0.717, 1.165) is 38.2 Å². The second-order valence-electron chi connectivity index (χ2n) is 6.96. The highest BCUT2D eigenvalue weighted by atomic mass is 16.6. The van der Waals surface area contributed by atoms with E-state index in [1.54, 1.807) is 0 Å². The van der Waals surface area contributed by atoms with Crippen LogP contribution in [-0.4, -0.2) is 52.7 Å². The Labute approximate surface area is 133 Å². The Balaban J connectivity index is 1.91. The molecular weight excluding hydrogens is 278 g/mol. The second-order valence-corrected chi connectivity index (χ2v) is 6.96. The third kappa shape index (κ3) is 4.98. The van der Waals surface area contributed by atoms with Gasteiger partial charge in [0.05, 0.1) is 5.69 Å². The van der Waals surface area contributed by atoms with Crippen LogP contribution in [0.3, 0.4) is 0 Å². The Bertz CT molecular complexity index is 484. The number of amides is 1. The van der Waals surface area contributed by atoms with Crippen LogP contribution in [0.1, 0.15) is 39.3 Å². The minimum absolute atomic E-state index is 0.205. The Hall–Kier alpha value is -1.62. The van der Waals surface area contributed by atoms with Crippen molar-refractivity contribution in [2.75, 3.05) is 20.1 Å². The largest absolute Gasteiger partial charge is 0.444 e. The molecule has 1 atom stereocenters. The van der Waals surface area contributed by atoms with E-state index in [9.17, 15) is 4.79 Å². The van der Waals surface area contributed by atoms with Crippen molar-refractivity contribution < 1.29 is 9.53 Å². The summed E-state index contributed by atoms with van der Waals surface area (Å²) in [6.07, 6.45) is 3.72. The zero-order chi connectivity index (χ0) is 16.2. The summed E-state index contributed by atoms with van der Waals surface area (Å²) < 4.78 is 5.48. The van der Waals surface area contributed by atoms with Gasteiger partial charge in [-0.1, -0.05) is 6.07 Å². The SMILES string of the molecule is CN(Cc1ccccn1)[C@H]1CCCN(C(=O)OC(C)(C)C)C1. The summed E-state index contributed by atoms with van der Waals surface area (Å²) in [5.74, 6) is 0. The van der Waals surface area contributed by atoms with Crippen molar-refractivity contribution in [2.45, 2.75) is 51.8 Å². The normalized spacial score (nSPS) is 19.3. The van der Waals surface area contributed by atoms with Crippen LogP contribution in [0.4, 0.5) is 4.79 Å². The van der Waals surface area contributed by atoms with Gasteiger partial charge in [0.1, 0.15) is 5.60 Å². The molecule has 1 saturated heterocycles. The van der Waals surface area contributed by atoms with Crippen LogP contribution in [0.5, 0.6) is 0 Å². The zero-order valence-corrected chi connectivity index (χ0v) is 14.1. The number of hydrogen-bond acceptors (Lipinski definition) is 4. The predicted octanol–water partition coefficient (Wildman–Crippen LogP) is 2.91.